The quantitative estimate of drug-likeness (QED) is 0.683. The van der Waals surface area contributed by atoms with E-state index in [1.807, 2.05) is 42.5 Å². The van der Waals surface area contributed by atoms with Gasteiger partial charge in [0.2, 0.25) is 0 Å². The highest BCUT2D eigenvalue weighted by Crippen LogP contribution is 2.40. The van der Waals surface area contributed by atoms with Gasteiger partial charge in [0.25, 0.3) is 0 Å². The van der Waals surface area contributed by atoms with Gasteiger partial charge in [-0.15, -0.1) is 0 Å². The summed E-state index contributed by atoms with van der Waals surface area (Å²) < 4.78 is 0. The normalized spacial score (nSPS) is 13.4. The summed E-state index contributed by atoms with van der Waals surface area (Å²) in [7, 11) is 0. The van der Waals surface area contributed by atoms with Gasteiger partial charge in [0, 0.05) is 5.69 Å². The van der Waals surface area contributed by atoms with Crippen molar-refractivity contribution in [2.45, 2.75) is 0 Å². The summed E-state index contributed by atoms with van der Waals surface area (Å²) in [5.74, 6) is 0. The maximum Gasteiger partial charge on any atom is 0.168 e. The van der Waals surface area contributed by atoms with Crippen LogP contribution in [0.25, 0.3) is 4.95 Å². The number of nitrogens with zero attached hydrogens (tertiary/aromatic N) is 3. The highest BCUT2D eigenvalue weighted by atomic mass is 15.5. The van der Waals surface area contributed by atoms with Crippen LogP contribution in [0.5, 0.6) is 0 Å². The summed E-state index contributed by atoms with van der Waals surface area (Å²) in [4.78, 5) is 5.69. The van der Waals surface area contributed by atoms with Gasteiger partial charge < -0.3 is 4.90 Å². The first-order valence-electron chi connectivity index (χ1n) is 5.46. The molecule has 0 bridgehead atoms. The second kappa shape index (κ2) is 3.84. The first-order chi connectivity index (χ1) is 8.40. The smallest absolute Gasteiger partial charge is 0.168 e. The molecule has 82 valence electrons. The molecule has 0 saturated heterocycles. The third kappa shape index (κ3) is 1.51. The van der Waals surface area contributed by atoms with Crippen molar-refractivity contribution in [3.8, 4) is 0 Å². The summed E-state index contributed by atoms with van der Waals surface area (Å²) in [6.45, 7) is 7.80. The van der Waals surface area contributed by atoms with Gasteiger partial charge in [-0.05, 0) is 24.3 Å². The molecule has 3 rings (SSSR count). The fourth-order valence-electron chi connectivity index (χ4n) is 2.11. The van der Waals surface area contributed by atoms with E-state index in [2.05, 4.69) is 22.0 Å². The number of para-hydroxylation sites is 3. The summed E-state index contributed by atoms with van der Waals surface area (Å²) in [5.41, 5.74) is 3.19. The van der Waals surface area contributed by atoms with Crippen molar-refractivity contribution in [3.05, 3.63) is 66.1 Å². The molecular weight excluding hydrogens is 210 g/mol. The van der Waals surface area contributed by atoms with E-state index in [1.54, 1.807) is 5.01 Å². The van der Waals surface area contributed by atoms with Crippen molar-refractivity contribution in [1.82, 2.24) is 0 Å². The predicted octanol–water partition coefficient (Wildman–Crippen LogP) is 3.44. The monoisotopic (exact) mass is 221 g/mol. The lowest BCUT2D eigenvalue weighted by Crippen LogP contribution is -2.21. The number of hydrogen-bond donors (Lipinski definition) is 0. The predicted molar refractivity (Wildman–Crippen MR) is 69.0 cm³/mol. The van der Waals surface area contributed by atoms with E-state index >= 15 is 0 Å². The zero-order chi connectivity index (χ0) is 11.7. The molecule has 0 aliphatic carbocycles. The fourth-order valence-corrected chi connectivity index (χ4v) is 2.11. The van der Waals surface area contributed by atoms with Gasteiger partial charge in [-0.25, -0.2) is 0 Å². The maximum absolute atomic E-state index is 7.21. The molecule has 0 unspecified atom stereocenters. The Bertz CT molecular complexity index is 572. The van der Waals surface area contributed by atoms with Crippen LogP contribution in [0, 0.1) is 6.57 Å². The molecule has 0 atom stereocenters. The Labute approximate surface area is 100 Å². The fraction of sp³-hybridized carbons (Fsp3) is 0.0714. The highest BCUT2D eigenvalue weighted by Gasteiger charge is 2.29. The Hall–Kier alpha value is -2.47. The molecule has 1 heterocycles. The summed E-state index contributed by atoms with van der Waals surface area (Å²) in [6, 6.07) is 18.1. The summed E-state index contributed by atoms with van der Waals surface area (Å²) in [5, 5.41) is 1.68. The van der Waals surface area contributed by atoms with E-state index in [0.717, 1.165) is 17.1 Å². The molecule has 0 radical (unpaired) electrons. The Morgan fingerprint density at radius 3 is 2.24 bits per heavy atom. The molecule has 17 heavy (non-hydrogen) atoms. The van der Waals surface area contributed by atoms with Crippen LogP contribution in [0.15, 0.2) is 54.6 Å². The van der Waals surface area contributed by atoms with Gasteiger partial charge in [0.1, 0.15) is 5.69 Å². The minimum absolute atomic E-state index is 0.590. The number of hydrogen-bond acceptors (Lipinski definition) is 2. The van der Waals surface area contributed by atoms with Crippen molar-refractivity contribution in [2.75, 3.05) is 16.6 Å². The highest BCUT2D eigenvalue weighted by molar-refractivity contribution is 5.82. The van der Waals surface area contributed by atoms with Crippen LogP contribution in [0.1, 0.15) is 0 Å². The topological polar surface area (TPSA) is 10.8 Å². The largest absolute Gasteiger partial charge is 0.315 e. The first-order valence-corrected chi connectivity index (χ1v) is 5.46. The van der Waals surface area contributed by atoms with E-state index in [1.165, 1.54) is 0 Å². The van der Waals surface area contributed by atoms with Gasteiger partial charge in [-0.3, -0.25) is 0 Å². The van der Waals surface area contributed by atoms with Crippen molar-refractivity contribution in [2.24, 2.45) is 0 Å². The molecule has 1 aliphatic heterocycles. The molecule has 0 fully saturated rings. The second-order valence-electron chi connectivity index (χ2n) is 3.89. The van der Waals surface area contributed by atoms with Gasteiger partial charge in [-0.1, -0.05) is 35.3 Å². The number of fused-ring (bicyclic) bond motifs is 1. The van der Waals surface area contributed by atoms with Gasteiger partial charge in [0.15, 0.2) is 6.67 Å². The minimum atomic E-state index is 0.590. The molecule has 3 nitrogen and oxygen atoms in total. The molecule has 2 aromatic rings. The molecule has 0 aromatic heterocycles. The SMILES string of the molecule is [C-]#[N+]N1CN(c2ccccc2)c2ccccc21. The van der Waals surface area contributed by atoms with Crippen LogP contribution in [0.3, 0.4) is 0 Å². The Balaban J connectivity index is 2.09. The molecule has 0 amide bonds. The first kappa shape index (κ1) is 9.73. The van der Waals surface area contributed by atoms with Crippen LogP contribution in [-0.2, 0) is 0 Å². The van der Waals surface area contributed by atoms with Crippen LogP contribution >= 0.6 is 0 Å². The van der Waals surface area contributed by atoms with Crippen LogP contribution in [0.2, 0.25) is 0 Å². The average molecular weight is 221 g/mol. The van der Waals surface area contributed by atoms with Gasteiger partial charge in [-0.2, -0.15) is 11.5 Å². The molecular formula is C14H11N3. The third-order valence-electron chi connectivity index (χ3n) is 2.91. The summed E-state index contributed by atoms with van der Waals surface area (Å²) in [6.07, 6.45) is 0. The molecule has 0 spiro atoms. The minimum Gasteiger partial charge on any atom is -0.315 e. The van der Waals surface area contributed by atoms with Gasteiger partial charge in [0.05, 0.1) is 5.69 Å². The van der Waals surface area contributed by atoms with E-state index in [-0.39, 0.29) is 0 Å². The van der Waals surface area contributed by atoms with E-state index in [0.29, 0.717) is 6.67 Å². The maximum atomic E-state index is 7.21. The zero-order valence-electron chi connectivity index (χ0n) is 9.24. The van der Waals surface area contributed by atoms with E-state index in [9.17, 15) is 0 Å². The number of rotatable bonds is 1. The molecule has 3 heteroatoms. The van der Waals surface area contributed by atoms with Crippen LogP contribution in [0.4, 0.5) is 17.1 Å². The van der Waals surface area contributed by atoms with Crippen molar-refractivity contribution in [3.63, 3.8) is 0 Å². The van der Waals surface area contributed by atoms with E-state index < -0.39 is 0 Å². The second-order valence-corrected chi connectivity index (χ2v) is 3.89. The zero-order valence-corrected chi connectivity index (χ0v) is 9.24. The lowest BCUT2D eigenvalue weighted by molar-refractivity contribution is 0.982. The Morgan fingerprint density at radius 1 is 0.882 bits per heavy atom. The Morgan fingerprint density at radius 2 is 1.53 bits per heavy atom. The molecule has 0 saturated carbocycles. The van der Waals surface area contributed by atoms with E-state index in [4.69, 9.17) is 6.57 Å². The lowest BCUT2D eigenvalue weighted by Gasteiger charge is -2.16. The molecule has 0 N–H and O–H groups in total. The molecule has 2 aromatic carbocycles. The standard InChI is InChI=1S/C14H11N3/c1-15-17-11-16(12-7-3-2-4-8-12)13-9-5-6-10-14(13)17/h2-10H,11H2. The van der Waals surface area contributed by atoms with Crippen LogP contribution in [-0.4, -0.2) is 6.67 Å². The molecule has 1 aliphatic rings. The van der Waals surface area contributed by atoms with Crippen LogP contribution < -0.4 is 9.91 Å². The average Bonchev–Trinajstić information content (AvgIpc) is 2.78. The van der Waals surface area contributed by atoms with Crippen molar-refractivity contribution >= 4 is 17.1 Å². The third-order valence-corrected chi connectivity index (χ3v) is 2.91. The number of benzene rings is 2. The summed E-state index contributed by atoms with van der Waals surface area (Å²) >= 11 is 0. The lowest BCUT2D eigenvalue weighted by atomic mass is 10.2. The van der Waals surface area contributed by atoms with Crippen molar-refractivity contribution < 1.29 is 0 Å². The Kier molecular flexibility index (Phi) is 2.20. The van der Waals surface area contributed by atoms with Gasteiger partial charge >= 0.3 is 0 Å². The number of anilines is 3. The van der Waals surface area contributed by atoms with Crippen molar-refractivity contribution in [1.29, 1.82) is 0 Å².